The van der Waals surface area contributed by atoms with E-state index in [0.717, 1.165) is 30.8 Å². The van der Waals surface area contributed by atoms with Crippen LogP contribution in [-0.2, 0) is 16.3 Å². The van der Waals surface area contributed by atoms with E-state index in [4.69, 9.17) is 4.74 Å². The largest absolute Gasteiger partial charge is 0.486 e. The summed E-state index contributed by atoms with van der Waals surface area (Å²) in [7, 11) is -2.93. The molecule has 1 unspecified atom stereocenters. The van der Waals surface area contributed by atoms with Crippen LogP contribution >= 0.6 is 0 Å². The minimum atomic E-state index is -2.93. The highest BCUT2D eigenvalue weighted by atomic mass is 32.2. The molecular formula is C14H19NO3S. The second-order valence-electron chi connectivity index (χ2n) is 5.74. The van der Waals surface area contributed by atoms with Gasteiger partial charge in [0.2, 0.25) is 0 Å². The molecule has 2 heterocycles. The molecule has 0 aliphatic carbocycles. The number of aryl methyl sites for hydroxylation is 1. The number of hydrogen-bond acceptors (Lipinski definition) is 4. The first-order valence-electron chi connectivity index (χ1n) is 6.72. The average Bonchev–Trinajstić information content (AvgIpc) is 2.63. The summed E-state index contributed by atoms with van der Waals surface area (Å²) in [5, 5.41) is 3.36. The van der Waals surface area contributed by atoms with E-state index in [-0.39, 0.29) is 11.5 Å². The van der Waals surface area contributed by atoms with Crippen molar-refractivity contribution in [3.63, 3.8) is 0 Å². The first-order chi connectivity index (χ1) is 8.96. The summed E-state index contributed by atoms with van der Waals surface area (Å²) in [6, 6.07) is 6.01. The summed E-state index contributed by atoms with van der Waals surface area (Å²) in [6.45, 7) is 2.87. The van der Waals surface area contributed by atoms with Crippen molar-refractivity contribution in [3.05, 3.63) is 23.8 Å². The zero-order valence-corrected chi connectivity index (χ0v) is 11.9. The third kappa shape index (κ3) is 2.71. The summed E-state index contributed by atoms with van der Waals surface area (Å²) < 4.78 is 29.1. The molecule has 0 bridgehead atoms. The number of benzene rings is 1. The second-order valence-corrected chi connectivity index (χ2v) is 7.93. The highest BCUT2D eigenvalue weighted by molar-refractivity contribution is 7.91. The maximum absolute atomic E-state index is 11.6. The molecule has 1 saturated heterocycles. The Bertz CT molecular complexity index is 597. The molecule has 4 nitrogen and oxygen atoms in total. The number of anilines is 1. The molecule has 1 aromatic rings. The van der Waals surface area contributed by atoms with Crippen LogP contribution in [0.15, 0.2) is 18.2 Å². The summed E-state index contributed by atoms with van der Waals surface area (Å²) in [5.74, 6) is 1.10. The number of fused-ring (bicyclic) bond motifs is 1. The van der Waals surface area contributed by atoms with Crippen molar-refractivity contribution in [1.82, 2.24) is 0 Å². The van der Waals surface area contributed by atoms with Crippen LogP contribution < -0.4 is 10.1 Å². The third-order valence-electron chi connectivity index (χ3n) is 3.85. The van der Waals surface area contributed by atoms with E-state index in [1.807, 2.05) is 19.1 Å². The summed E-state index contributed by atoms with van der Waals surface area (Å²) >= 11 is 0. The Kier molecular flexibility index (Phi) is 2.96. The van der Waals surface area contributed by atoms with Crippen molar-refractivity contribution < 1.29 is 13.2 Å². The van der Waals surface area contributed by atoms with Crippen molar-refractivity contribution in [1.29, 1.82) is 0 Å². The first kappa shape index (κ1) is 12.8. The molecule has 0 spiro atoms. The maximum Gasteiger partial charge on any atom is 0.154 e. The van der Waals surface area contributed by atoms with E-state index in [2.05, 4.69) is 11.4 Å². The molecule has 1 aromatic carbocycles. The van der Waals surface area contributed by atoms with E-state index in [0.29, 0.717) is 6.42 Å². The van der Waals surface area contributed by atoms with Crippen LogP contribution in [0, 0.1) is 0 Å². The van der Waals surface area contributed by atoms with Crippen LogP contribution in [0.25, 0.3) is 0 Å². The zero-order chi connectivity index (χ0) is 13.5. The standard InChI is InChI=1S/C14H19NO3S/c1-14(6-8-19(16,17)10-14)18-12-5-4-11-3-2-7-15-13(11)9-12/h4-5,9,15H,2-3,6-8,10H2,1H3. The van der Waals surface area contributed by atoms with E-state index >= 15 is 0 Å². The van der Waals surface area contributed by atoms with Crippen molar-refractivity contribution in [2.45, 2.75) is 31.8 Å². The van der Waals surface area contributed by atoms with Crippen LogP contribution in [0.3, 0.4) is 0 Å². The highest BCUT2D eigenvalue weighted by Crippen LogP contribution is 2.32. The maximum atomic E-state index is 11.6. The number of ether oxygens (including phenoxy) is 1. The fourth-order valence-corrected chi connectivity index (χ4v) is 4.87. The Morgan fingerprint density at radius 3 is 2.95 bits per heavy atom. The van der Waals surface area contributed by atoms with E-state index in [9.17, 15) is 8.42 Å². The van der Waals surface area contributed by atoms with Gasteiger partial charge in [-0.15, -0.1) is 0 Å². The molecule has 2 aliphatic rings. The summed E-state index contributed by atoms with van der Waals surface area (Å²) in [5.41, 5.74) is 1.85. The zero-order valence-electron chi connectivity index (χ0n) is 11.1. The molecule has 1 atom stereocenters. The summed E-state index contributed by atoms with van der Waals surface area (Å²) in [6.07, 6.45) is 2.82. The minimum Gasteiger partial charge on any atom is -0.486 e. The number of rotatable bonds is 2. The van der Waals surface area contributed by atoms with Gasteiger partial charge in [0.1, 0.15) is 11.4 Å². The predicted octanol–water partition coefficient (Wildman–Crippen LogP) is 2.00. The van der Waals surface area contributed by atoms with Crippen LogP contribution in [0.2, 0.25) is 0 Å². The van der Waals surface area contributed by atoms with Gasteiger partial charge >= 0.3 is 0 Å². The molecule has 19 heavy (non-hydrogen) atoms. The number of hydrogen-bond donors (Lipinski definition) is 1. The third-order valence-corrected chi connectivity index (χ3v) is 5.73. The van der Waals surface area contributed by atoms with Gasteiger partial charge in [0.15, 0.2) is 9.84 Å². The van der Waals surface area contributed by atoms with Crippen LogP contribution in [0.1, 0.15) is 25.3 Å². The van der Waals surface area contributed by atoms with Crippen molar-refractivity contribution in [2.24, 2.45) is 0 Å². The Labute approximate surface area is 114 Å². The quantitative estimate of drug-likeness (QED) is 0.901. The number of nitrogens with one attached hydrogen (secondary N) is 1. The van der Waals surface area contributed by atoms with Crippen molar-refractivity contribution in [2.75, 3.05) is 23.4 Å². The Morgan fingerprint density at radius 2 is 2.21 bits per heavy atom. The highest BCUT2D eigenvalue weighted by Gasteiger charge is 2.40. The van der Waals surface area contributed by atoms with Crippen LogP contribution in [0.4, 0.5) is 5.69 Å². The van der Waals surface area contributed by atoms with Gasteiger partial charge in [-0.05, 0) is 31.4 Å². The van der Waals surface area contributed by atoms with E-state index < -0.39 is 15.4 Å². The Hall–Kier alpha value is -1.23. The predicted molar refractivity (Wildman–Crippen MR) is 75.6 cm³/mol. The lowest BCUT2D eigenvalue weighted by Crippen LogP contribution is -2.33. The van der Waals surface area contributed by atoms with Crippen LogP contribution in [-0.4, -0.2) is 32.1 Å². The van der Waals surface area contributed by atoms with Gasteiger partial charge in [-0.1, -0.05) is 6.07 Å². The van der Waals surface area contributed by atoms with Gasteiger partial charge in [0.25, 0.3) is 0 Å². The van der Waals surface area contributed by atoms with Crippen LogP contribution in [0.5, 0.6) is 5.75 Å². The lowest BCUT2D eigenvalue weighted by atomic mass is 10.0. The van der Waals surface area contributed by atoms with Gasteiger partial charge in [-0.3, -0.25) is 0 Å². The molecular weight excluding hydrogens is 262 g/mol. The van der Waals surface area contributed by atoms with Crippen molar-refractivity contribution >= 4 is 15.5 Å². The average molecular weight is 281 g/mol. The molecule has 0 saturated carbocycles. The van der Waals surface area contributed by atoms with Gasteiger partial charge in [-0.2, -0.15) is 0 Å². The lowest BCUT2D eigenvalue weighted by molar-refractivity contribution is 0.117. The molecule has 0 amide bonds. The fraction of sp³-hybridized carbons (Fsp3) is 0.571. The van der Waals surface area contributed by atoms with Gasteiger partial charge in [0, 0.05) is 24.7 Å². The fourth-order valence-electron chi connectivity index (χ4n) is 2.85. The van der Waals surface area contributed by atoms with Gasteiger partial charge < -0.3 is 10.1 Å². The van der Waals surface area contributed by atoms with Gasteiger partial charge in [0.05, 0.1) is 11.5 Å². The molecule has 3 rings (SSSR count). The first-order valence-corrected chi connectivity index (χ1v) is 8.54. The van der Waals surface area contributed by atoms with Gasteiger partial charge in [-0.25, -0.2) is 8.42 Å². The monoisotopic (exact) mass is 281 g/mol. The normalized spacial score (nSPS) is 28.5. The Balaban J connectivity index is 1.80. The molecule has 5 heteroatoms. The molecule has 0 radical (unpaired) electrons. The molecule has 104 valence electrons. The molecule has 2 aliphatic heterocycles. The van der Waals surface area contributed by atoms with Crippen molar-refractivity contribution in [3.8, 4) is 5.75 Å². The minimum absolute atomic E-state index is 0.116. The molecule has 1 fully saturated rings. The second kappa shape index (κ2) is 4.40. The summed E-state index contributed by atoms with van der Waals surface area (Å²) in [4.78, 5) is 0. The lowest BCUT2D eigenvalue weighted by Gasteiger charge is -2.26. The van der Waals surface area contributed by atoms with E-state index in [1.165, 1.54) is 5.56 Å². The van der Waals surface area contributed by atoms with E-state index in [1.54, 1.807) is 0 Å². The molecule has 0 aromatic heterocycles. The molecule has 1 N–H and O–H groups in total. The SMILES string of the molecule is CC1(Oc2ccc3c(c2)NCCC3)CCS(=O)(=O)C1. The topological polar surface area (TPSA) is 55.4 Å². The smallest absolute Gasteiger partial charge is 0.154 e. The number of sulfone groups is 1. The Morgan fingerprint density at radius 1 is 1.37 bits per heavy atom.